The fraction of sp³-hybridized carbons (Fsp3) is 0.676. The average molecular weight is 573 g/mol. The smallest absolute Gasteiger partial charge is 0.335 e. The second-order valence-electron chi connectivity index (χ2n) is 16.3. The number of nitrogens with one attached hydrogen (secondary N) is 1. The molecule has 0 radical (unpaired) electrons. The number of benzene rings is 1. The van der Waals surface area contributed by atoms with Crippen molar-refractivity contribution in [1.82, 2.24) is 5.32 Å². The van der Waals surface area contributed by atoms with E-state index in [1.807, 2.05) is 12.1 Å². The van der Waals surface area contributed by atoms with Crippen LogP contribution in [-0.2, 0) is 0 Å². The number of hydrogen-bond donors (Lipinski definition) is 3. The molecule has 2 amide bonds. The van der Waals surface area contributed by atoms with E-state index in [1.165, 1.54) is 36.8 Å². The summed E-state index contributed by atoms with van der Waals surface area (Å²) in [5.41, 5.74) is 10.4. The van der Waals surface area contributed by atoms with Gasteiger partial charge in [-0.15, -0.1) is 0 Å². The molecule has 0 saturated heterocycles. The van der Waals surface area contributed by atoms with Crippen molar-refractivity contribution in [3.8, 4) is 0 Å². The topological polar surface area (TPSA) is 92.4 Å². The molecule has 5 nitrogen and oxygen atoms in total. The molecule has 4 fully saturated rings. The summed E-state index contributed by atoms with van der Waals surface area (Å²) >= 11 is 0. The standard InChI is InChI=1S/C37H52N2O3/c1-22(2)25-14-19-37(39-32(38)42)21-20-35(6)27(30(25)37)12-13-29-34(5)17-15-26(23-8-10-24(11-9-23)31(40)41)33(3,4)28(34)16-18-36(29,35)7/h8-11,15,25,27-30H,1,12-14,16-21H2,2-7H3,(H,40,41)(H3,38,39,42)/t25-,27+,28-,29+,30+,34-,35+,36+,37-/m0/s1. The lowest BCUT2D eigenvalue weighted by Crippen LogP contribution is -2.68. The van der Waals surface area contributed by atoms with Gasteiger partial charge < -0.3 is 16.2 Å². The molecule has 5 heteroatoms. The van der Waals surface area contributed by atoms with E-state index in [0.29, 0.717) is 35.2 Å². The van der Waals surface area contributed by atoms with Gasteiger partial charge in [-0.3, -0.25) is 0 Å². The Kier molecular flexibility index (Phi) is 6.65. The van der Waals surface area contributed by atoms with Gasteiger partial charge in [0.15, 0.2) is 0 Å². The molecule has 0 unspecified atom stereocenters. The highest BCUT2D eigenvalue weighted by atomic mass is 16.4. The van der Waals surface area contributed by atoms with Gasteiger partial charge in [0, 0.05) is 5.54 Å². The van der Waals surface area contributed by atoms with Crippen molar-refractivity contribution in [3.05, 3.63) is 53.6 Å². The van der Waals surface area contributed by atoms with Crippen LogP contribution in [-0.4, -0.2) is 22.6 Å². The van der Waals surface area contributed by atoms with Gasteiger partial charge in [-0.1, -0.05) is 65.0 Å². The Morgan fingerprint density at radius 3 is 2.21 bits per heavy atom. The first kappa shape index (κ1) is 29.5. The van der Waals surface area contributed by atoms with Crippen molar-refractivity contribution >= 4 is 17.6 Å². The fourth-order valence-electron chi connectivity index (χ4n) is 12.5. The molecule has 42 heavy (non-hydrogen) atoms. The molecule has 228 valence electrons. The second kappa shape index (κ2) is 9.47. The van der Waals surface area contributed by atoms with E-state index in [1.54, 1.807) is 12.1 Å². The van der Waals surface area contributed by atoms with Crippen LogP contribution in [0.25, 0.3) is 5.57 Å². The maximum Gasteiger partial charge on any atom is 0.335 e. The number of carboxylic acids is 1. The summed E-state index contributed by atoms with van der Waals surface area (Å²) in [5, 5.41) is 12.7. The zero-order chi connectivity index (χ0) is 30.5. The van der Waals surface area contributed by atoms with E-state index in [2.05, 4.69) is 59.5 Å². The van der Waals surface area contributed by atoms with E-state index in [-0.39, 0.29) is 33.2 Å². The largest absolute Gasteiger partial charge is 0.478 e. The van der Waals surface area contributed by atoms with Crippen LogP contribution in [0, 0.1) is 51.2 Å². The van der Waals surface area contributed by atoms with Gasteiger partial charge in [0.2, 0.25) is 0 Å². The van der Waals surface area contributed by atoms with Crippen molar-refractivity contribution in [3.63, 3.8) is 0 Å². The molecule has 1 aromatic carbocycles. The second-order valence-corrected chi connectivity index (χ2v) is 16.3. The van der Waals surface area contributed by atoms with Crippen LogP contribution in [0.3, 0.4) is 0 Å². The highest BCUT2D eigenvalue weighted by Crippen LogP contribution is 2.76. The number of fused-ring (bicyclic) bond motifs is 7. The quantitative estimate of drug-likeness (QED) is 0.316. The van der Waals surface area contributed by atoms with Crippen LogP contribution in [0.1, 0.15) is 115 Å². The SMILES string of the molecule is C=C(C)[C@@H]1CC[C@]2(NC(N)=O)CC[C@]3(C)[C@H](CC[C@@H]4[C@@]5(C)CC=C(c6ccc(C(=O)O)cc6)C(C)(C)[C@@H]5CC[C@]43C)[C@@H]12. The van der Waals surface area contributed by atoms with E-state index >= 15 is 0 Å². The third-order valence-corrected chi connectivity index (χ3v) is 14.5. The van der Waals surface area contributed by atoms with Gasteiger partial charge in [-0.05, 0) is 139 Å². The molecule has 5 aliphatic carbocycles. The fourth-order valence-corrected chi connectivity index (χ4v) is 12.5. The number of hydrogen-bond acceptors (Lipinski definition) is 2. The number of rotatable bonds is 4. The first-order chi connectivity index (χ1) is 19.6. The Labute approximate surface area is 252 Å². The van der Waals surface area contributed by atoms with Gasteiger partial charge in [0.1, 0.15) is 0 Å². The molecular weight excluding hydrogens is 520 g/mol. The Bertz CT molecular complexity index is 1340. The number of amides is 2. The number of aromatic carboxylic acids is 1. The van der Waals surface area contributed by atoms with E-state index in [0.717, 1.165) is 37.7 Å². The molecular formula is C37H52N2O3. The minimum absolute atomic E-state index is 0.000446. The lowest BCUT2D eigenvalue weighted by Gasteiger charge is -2.72. The van der Waals surface area contributed by atoms with Crippen LogP contribution >= 0.6 is 0 Å². The van der Waals surface area contributed by atoms with Crippen LogP contribution < -0.4 is 11.1 Å². The number of carboxylic acid groups (broad SMARTS) is 1. The lowest BCUT2D eigenvalue weighted by atomic mass is 9.33. The Hall–Kier alpha value is -2.56. The van der Waals surface area contributed by atoms with Gasteiger partial charge in [0.25, 0.3) is 0 Å². The number of carbonyl (C=O) groups excluding carboxylic acids is 1. The average Bonchev–Trinajstić information content (AvgIpc) is 3.28. The molecule has 4 N–H and O–H groups in total. The van der Waals surface area contributed by atoms with Crippen LogP contribution in [0.4, 0.5) is 4.79 Å². The summed E-state index contributed by atoms with van der Waals surface area (Å²) in [6.45, 7) is 19.4. The maximum atomic E-state index is 12.3. The normalized spacial score (nSPS) is 43.6. The first-order valence-electron chi connectivity index (χ1n) is 16.4. The Balaban J connectivity index is 1.36. The third kappa shape index (κ3) is 3.86. The van der Waals surface area contributed by atoms with Gasteiger partial charge in [-0.2, -0.15) is 0 Å². The molecule has 0 bridgehead atoms. The van der Waals surface area contributed by atoms with Crippen LogP contribution in [0.2, 0.25) is 0 Å². The predicted octanol–water partition coefficient (Wildman–Crippen LogP) is 8.46. The molecule has 0 aliphatic heterocycles. The van der Waals surface area contributed by atoms with E-state index < -0.39 is 5.97 Å². The van der Waals surface area contributed by atoms with Crippen molar-refractivity contribution in [2.24, 2.45) is 57.0 Å². The summed E-state index contributed by atoms with van der Waals surface area (Å²) in [5.74, 6) is 1.74. The Morgan fingerprint density at radius 2 is 1.60 bits per heavy atom. The lowest BCUT2D eigenvalue weighted by molar-refractivity contribution is -0.218. The maximum absolute atomic E-state index is 12.3. The summed E-state index contributed by atoms with van der Waals surface area (Å²) in [7, 11) is 0. The minimum Gasteiger partial charge on any atom is -0.478 e. The molecule has 1 aromatic rings. The molecule has 0 aromatic heterocycles. The van der Waals surface area contributed by atoms with E-state index in [9.17, 15) is 14.7 Å². The van der Waals surface area contributed by atoms with Crippen molar-refractivity contribution < 1.29 is 14.7 Å². The zero-order valence-corrected chi connectivity index (χ0v) is 26.7. The van der Waals surface area contributed by atoms with Crippen LogP contribution in [0.5, 0.6) is 0 Å². The first-order valence-corrected chi connectivity index (χ1v) is 16.4. The summed E-state index contributed by atoms with van der Waals surface area (Å²) in [6.07, 6.45) is 12.7. The molecule has 4 saturated carbocycles. The van der Waals surface area contributed by atoms with Crippen molar-refractivity contribution in [2.45, 2.75) is 105 Å². The molecule has 5 aliphatic rings. The summed E-state index contributed by atoms with van der Waals surface area (Å²) in [4.78, 5) is 23.8. The van der Waals surface area contributed by atoms with Crippen molar-refractivity contribution in [2.75, 3.05) is 0 Å². The highest BCUT2D eigenvalue weighted by molar-refractivity contribution is 5.88. The molecule has 0 heterocycles. The monoisotopic (exact) mass is 572 g/mol. The number of primary amides is 1. The van der Waals surface area contributed by atoms with Crippen molar-refractivity contribution in [1.29, 1.82) is 0 Å². The molecule has 9 atom stereocenters. The predicted molar refractivity (Wildman–Crippen MR) is 169 cm³/mol. The number of urea groups is 1. The minimum atomic E-state index is -0.876. The van der Waals surface area contributed by atoms with E-state index in [4.69, 9.17) is 5.73 Å². The molecule has 6 rings (SSSR count). The third-order valence-electron chi connectivity index (χ3n) is 14.5. The zero-order valence-electron chi connectivity index (χ0n) is 26.7. The van der Waals surface area contributed by atoms with Gasteiger partial charge >= 0.3 is 12.0 Å². The van der Waals surface area contributed by atoms with Gasteiger partial charge in [0.05, 0.1) is 5.56 Å². The number of carbonyl (C=O) groups is 2. The van der Waals surface area contributed by atoms with Gasteiger partial charge in [-0.25, -0.2) is 9.59 Å². The molecule has 0 spiro atoms. The number of nitrogens with two attached hydrogens (primary N) is 1. The Morgan fingerprint density at radius 1 is 0.905 bits per heavy atom. The number of allylic oxidation sites excluding steroid dienone is 3. The summed E-state index contributed by atoms with van der Waals surface area (Å²) < 4.78 is 0. The van der Waals surface area contributed by atoms with Crippen LogP contribution in [0.15, 0.2) is 42.5 Å². The highest BCUT2D eigenvalue weighted by Gasteiger charge is 2.70. The summed E-state index contributed by atoms with van der Waals surface area (Å²) in [6, 6.07) is 7.14.